The average molecular weight is 339 g/mol. The number of fused-ring (bicyclic) bond motifs is 1. The molecule has 0 aliphatic rings. The van der Waals surface area contributed by atoms with E-state index in [-0.39, 0.29) is 0 Å². The first-order chi connectivity index (χ1) is 10.1. The predicted octanol–water partition coefficient (Wildman–Crippen LogP) is 5.25. The second kappa shape index (κ2) is 6.40. The summed E-state index contributed by atoms with van der Waals surface area (Å²) in [7, 11) is 0. The second-order valence-corrected chi connectivity index (χ2v) is 7.31. The van der Waals surface area contributed by atoms with Crippen LogP contribution in [0.3, 0.4) is 0 Å². The van der Waals surface area contributed by atoms with Crippen molar-refractivity contribution in [1.29, 1.82) is 0 Å². The molecular formula is C15H15ClN2OS2. The molecule has 0 unspecified atom stereocenters. The molecule has 3 aromatic rings. The molecule has 0 N–H and O–H groups in total. The van der Waals surface area contributed by atoms with Crippen molar-refractivity contribution in [3.63, 3.8) is 0 Å². The van der Waals surface area contributed by atoms with Crippen LogP contribution in [0.25, 0.3) is 20.7 Å². The number of aromatic nitrogens is 2. The zero-order valence-corrected chi connectivity index (χ0v) is 14.2. The maximum atomic E-state index is 6.37. The molecule has 110 valence electrons. The van der Waals surface area contributed by atoms with Crippen LogP contribution in [0.2, 0.25) is 5.15 Å². The second-order valence-electron chi connectivity index (χ2n) is 5.15. The van der Waals surface area contributed by atoms with Gasteiger partial charge in [0.15, 0.2) is 5.82 Å². The molecule has 0 bridgehead atoms. The Labute approximate surface area is 136 Å². The van der Waals surface area contributed by atoms with Gasteiger partial charge < -0.3 is 4.74 Å². The first kappa shape index (κ1) is 14.9. The van der Waals surface area contributed by atoms with Gasteiger partial charge in [-0.25, -0.2) is 9.97 Å². The Morgan fingerprint density at radius 3 is 2.86 bits per heavy atom. The molecule has 0 amide bonds. The minimum atomic E-state index is 0.403. The van der Waals surface area contributed by atoms with Crippen molar-refractivity contribution in [3.05, 3.63) is 33.9 Å². The average Bonchev–Trinajstić information content (AvgIpc) is 3.06. The van der Waals surface area contributed by atoms with Gasteiger partial charge in [0, 0.05) is 22.4 Å². The summed E-state index contributed by atoms with van der Waals surface area (Å²) in [4.78, 5) is 11.1. The molecule has 3 rings (SSSR count). The third kappa shape index (κ3) is 3.26. The van der Waals surface area contributed by atoms with E-state index in [4.69, 9.17) is 16.3 Å². The van der Waals surface area contributed by atoms with Gasteiger partial charge in [0.2, 0.25) is 0 Å². The molecule has 3 heterocycles. The quantitative estimate of drug-likeness (QED) is 0.596. The molecule has 0 saturated heterocycles. The Morgan fingerprint density at radius 2 is 2.14 bits per heavy atom. The summed E-state index contributed by atoms with van der Waals surface area (Å²) in [5.41, 5.74) is 1.12. The van der Waals surface area contributed by atoms with E-state index in [1.807, 2.05) is 6.07 Å². The summed E-state index contributed by atoms with van der Waals surface area (Å²) in [6.07, 6.45) is 0. The summed E-state index contributed by atoms with van der Waals surface area (Å²) in [5.74, 6) is 1.14. The van der Waals surface area contributed by atoms with Gasteiger partial charge in [-0.2, -0.15) is 0 Å². The monoisotopic (exact) mass is 338 g/mol. The Balaban J connectivity index is 1.91. The largest absolute Gasteiger partial charge is 0.373 e. The van der Waals surface area contributed by atoms with Gasteiger partial charge in [-0.3, -0.25) is 0 Å². The van der Waals surface area contributed by atoms with Gasteiger partial charge in [0.1, 0.15) is 16.6 Å². The number of hydrogen-bond acceptors (Lipinski definition) is 5. The fourth-order valence-corrected chi connectivity index (χ4v) is 4.13. The smallest absolute Gasteiger partial charge is 0.157 e. The molecule has 3 aromatic heterocycles. The fourth-order valence-electron chi connectivity index (χ4n) is 2.00. The van der Waals surface area contributed by atoms with Crippen LogP contribution in [0.15, 0.2) is 22.9 Å². The highest BCUT2D eigenvalue weighted by atomic mass is 35.5. The maximum Gasteiger partial charge on any atom is 0.157 e. The van der Waals surface area contributed by atoms with Crippen molar-refractivity contribution in [2.24, 2.45) is 5.92 Å². The van der Waals surface area contributed by atoms with E-state index in [1.165, 1.54) is 4.88 Å². The maximum absolute atomic E-state index is 6.37. The van der Waals surface area contributed by atoms with E-state index in [9.17, 15) is 0 Å². The Bertz CT molecular complexity index is 738. The molecule has 0 spiro atoms. The van der Waals surface area contributed by atoms with Crippen molar-refractivity contribution >= 4 is 44.5 Å². The van der Waals surface area contributed by atoms with Crippen molar-refractivity contribution in [1.82, 2.24) is 9.97 Å². The van der Waals surface area contributed by atoms with Crippen LogP contribution in [0, 0.1) is 5.92 Å². The Morgan fingerprint density at radius 1 is 1.29 bits per heavy atom. The standard InChI is InChI=1S/C15H15ClN2OS2/c1-9(2)6-19-7-12-17-14(16)13-10(8-21-15(13)18-12)11-4-3-5-20-11/h3-5,8-9H,6-7H2,1-2H3. The third-order valence-corrected chi connectivity index (χ3v) is 4.95. The highest BCUT2D eigenvalue weighted by Crippen LogP contribution is 2.38. The summed E-state index contributed by atoms with van der Waals surface area (Å²) in [6, 6.07) is 4.12. The van der Waals surface area contributed by atoms with Crippen molar-refractivity contribution in [3.8, 4) is 10.4 Å². The van der Waals surface area contributed by atoms with Gasteiger partial charge in [-0.1, -0.05) is 31.5 Å². The van der Waals surface area contributed by atoms with Crippen LogP contribution in [0.5, 0.6) is 0 Å². The first-order valence-electron chi connectivity index (χ1n) is 6.70. The molecule has 6 heteroatoms. The van der Waals surface area contributed by atoms with Gasteiger partial charge in [-0.05, 0) is 17.4 Å². The molecule has 0 fully saturated rings. The van der Waals surface area contributed by atoms with Crippen LogP contribution < -0.4 is 0 Å². The lowest BCUT2D eigenvalue weighted by atomic mass is 10.2. The molecule has 0 aliphatic carbocycles. The normalized spacial score (nSPS) is 11.6. The van der Waals surface area contributed by atoms with Crippen molar-refractivity contribution in [2.75, 3.05) is 6.61 Å². The number of ether oxygens (including phenoxy) is 1. The summed E-state index contributed by atoms with van der Waals surface area (Å²) < 4.78 is 5.59. The number of rotatable bonds is 5. The fraction of sp³-hybridized carbons (Fsp3) is 0.333. The topological polar surface area (TPSA) is 35.0 Å². The van der Waals surface area contributed by atoms with Crippen LogP contribution in [0.4, 0.5) is 0 Å². The number of hydrogen-bond donors (Lipinski definition) is 0. The molecule has 0 aliphatic heterocycles. The van der Waals surface area contributed by atoms with Crippen LogP contribution in [0.1, 0.15) is 19.7 Å². The van der Waals surface area contributed by atoms with Crippen LogP contribution >= 0.6 is 34.3 Å². The molecule has 0 atom stereocenters. The SMILES string of the molecule is CC(C)COCc1nc(Cl)c2c(-c3cccs3)csc2n1. The van der Waals surface area contributed by atoms with Gasteiger partial charge in [0.25, 0.3) is 0 Å². The van der Waals surface area contributed by atoms with E-state index < -0.39 is 0 Å². The van der Waals surface area contributed by atoms with E-state index in [0.717, 1.165) is 15.8 Å². The Kier molecular flexibility index (Phi) is 4.54. The minimum Gasteiger partial charge on any atom is -0.373 e. The van der Waals surface area contributed by atoms with Crippen molar-refractivity contribution in [2.45, 2.75) is 20.5 Å². The highest BCUT2D eigenvalue weighted by molar-refractivity contribution is 7.18. The minimum absolute atomic E-state index is 0.403. The summed E-state index contributed by atoms with van der Waals surface area (Å²) in [6.45, 7) is 5.33. The van der Waals surface area contributed by atoms with E-state index >= 15 is 0 Å². The zero-order valence-electron chi connectivity index (χ0n) is 11.8. The predicted molar refractivity (Wildman–Crippen MR) is 90.2 cm³/mol. The van der Waals surface area contributed by atoms with E-state index in [1.54, 1.807) is 22.7 Å². The van der Waals surface area contributed by atoms with E-state index in [0.29, 0.717) is 30.1 Å². The Hall–Kier alpha value is -1.01. The summed E-state index contributed by atoms with van der Waals surface area (Å²) in [5, 5.41) is 5.60. The number of halogens is 1. The number of nitrogens with zero attached hydrogens (tertiary/aromatic N) is 2. The van der Waals surface area contributed by atoms with Crippen LogP contribution in [-0.4, -0.2) is 16.6 Å². The molecular weight excluding hydrogens is 324 g/mol. The van der Waals surface area contributed by atoms with Crippen molar-refractivity contribution < 1.29 is 4.74 Å². The number of thiophene rings is 2. The summed E-state index contributed by atoms with van der Waals surface area (Å²) >= 11 is 9.66. The lowest BCUT2D eigenvalue weighted by Gasteiger charge is -2.06. The molecule has 3 nitrogen and oxygen atoms in total. The molecule has 0 saturated carbocycles. The molecule has 21 heavy (non-hydrogen) atoms. The third-order valence-electron chi connectivity index (χ3n) is 2.90. The first-order valence-corrected chi connectivity index (χ1v) is 8.84. The lowest BCUT2D eigenvalue weighted by Crippen LogP contribution is -2.04. The zero-order chi connectivity index (χ0) is 14.8. The van der Waals surface area contributed by atoms with Gasteiger partial charge in [-0.15, -0.1) is 22.7 Å². The molecule has 0 aromatic carbocycles. The van der Waals surface area contributed by atoms with E-state index in [2.05, 4.69) is 40.6 Å². The van der Waals surface area contributed by atoms with Crippen LogP contribution in [-0.2, 0) is 11.3 Å². The highest BCUT2D eigenvalue weighted by Gasteiger charge is 2.14. The molecule has 0 radical (unpaired) electrons. The van der Waals surface area contributed by atoms with Gasteiger partial charge in [0.05, 0.1) is 5.39 Å². The lowest BCUT2D eigenvalue weighted by molar-refractivity contribution is 0.0925. The van der Waals surface area contributed by atoms with Gasteiger partial charge >= 0.3 is 0 Å².